The molecule has 0 radical (unpaired) electrons. The Balaban J connectivity index is 0.00000207. The molecule has 0 spiro atoms. The van der Waals surface area contributed by atoms with Crippen LogP contribution < -0.4 is 25.8 Å². The molecule has 10 nitrogen and oxygen atoms in total. The summed E-state index contributed by atoms with van der Waals surface area (Å²) in [7, 11) is 0. The normalized spacial score (nSPS) is 15.4. The molecule has 3 aromatic heterocycles. The maximum Gasteiger partial charge on any atom is 0.417 e. The summed E-state index contributed by atoms with van der Waals surface area (Å²) in [5, 5.41) is 6.31. The minimum absolute atomic E-state index is 0.00996. The van der Waals surface area contributed by atoms with Crippen molar-refractivity contribution in [3.63, 3.8) is 0 Å². The van der Waals surface area contributed by atoms with Crippen LogP contribution in [0.2, 0.25) is 0 Å². The average molecular weight is 607 g/mol. The minimum atomic E-state index is -5.06. The van der Waals surface area contributed by atoms with Crippen molar-refractivity contribution in [2.45, 2.75) is 53.0 Å². The molecule has 0 saturated carbocycles. The number of pyridine rings is 1. The lowest BCUT2D eigenvalue weighted by atomic mass is 9.96. The number of benzene rings is 1. The number of nitrogens with two attached hydrogens (primary N) is 1. The summed E-state index contributed by atoms with van der Waals surface area (Å²) in [5.74, 6) is -2.58. The van der Waals surface area contributed by atoms with E-state index in [0.717, 1.165) is 6.92 Å². The Morgan fingerprint density at radius 3 is 2.47 bits per heavy atom. The largest absolute Gasteiger partial charge is 0.474 e. The number of nitrogens with one attached hydrogen (secondary N) is 2. The molecule has 15 heteroatoms. The number of alkyl halides is 3. The van der Waals surface area contributed by atoms with Crippen molar-refractivity contribution in [3.05, 3.63) is 53.1 Å². The topological polar surface area (TPSA) is 133 Å². The van der Waals surface area contributed by atoms with Crippen LogP contribution in [0.15, 0.2) is 24.8 Å². The van der Waals surface area contributed by atoms with Crippen LogP contribution >= 0.6 is 0 Å². The summed E-state index contributed by atoms with van der Waals surface area (Å²) in [6.45, 7) is 8.05. The number of aromatic nitrogens is 5. The lowest BCUT2D eigenvalue weighted by Crippen LogP contribution is -2.26. The fourth-order valence-electron chi connectivity index (χ4n) is 4.45. The summed E-state index contributed by atoms with van der Waals surface area (Å²) in [6, 6.07) is 0.438. The first-order chi connectivity index (χ1) is 20.5. The summed E-state index contributed by atoms with van der Waals surface area (Å²) < 4.78 is 85.1. The molecule has 0 fully saturated rings. The number of hydrogen-bond donors (Lipinski definition) is 3. The third-order valence-corrected chi connectivity index (χ3v) is 6.41. The van der Waals surface area contributed by atoms with Gasteiger partial charge in [0.15, 0.2) is 5.82 Å². The second-order valence-corrected chi connectivity index (χ2v) is 9.41. The molecule has 43 heavy (non-hydrogen) atoms. The van der Waals surface area contributed by atoms with Gasteiger partial charge in [-0.15, -0.1) is 0 Å². The molecule has 0 saturated heterocycles. The second-order valence-electron chi connectivity index (χ2n) is 9.41. The van der Waals surface area contributed by atoms with Crippen molar-refractivity contribution >= 4 is 22.4 Å². The van der Waals surface area contributed by atoms with Crippen LogP contribution in [-0.4, -0.2) is 50.7 Å². The summed E-state index contributed by atoms with van der Waals surface area (Å²) in [6.07, 6.45) is -0.666. The quantitative estimate of drug-likeness (QED) is 0.204. The first-order valence-corrected chi connectivity index (χ1v) is 13.6. The number of hydrogen-bond acceptors (Lipinski definition) is 10. The third-order valence-electron chi connectivity index (χ3n) is 6.41. The van der Waals surface area contributed by atoms with Crippen LogP contribution in [0, 0.1) is 18.6 Å². The fourth-order valence-corrected chi connectivity index (χ4v) is 4.45. The Labute approximate surface area is 244 Å². The number of anilines is 2. The summed E-state index contributed by atoms with van der Waals surface area (Å²) in [4.78, 5) is 20.6. The van der Waals surface area contributed by atoms with Crippen LogP contribution in [0.1, 0.15) is 43.9 Å². The molecule has 4 heterocycles. The zero-order valence-corrected chi connectivity index (χ0v) is 23.9. The molecular formula is C28H31F5N8O2. The Hall–Kier alpha value is -4.40. The van der Waals surface area contributed by atoms with Gasteiger partial charge < -0.3 is 25.8 Å². The van der Waals surface area contributed by atoms with Gasteiger partial charge in [-0.25, -0.2) is 23.7 Å². The van der Waals surface area contributed by atoms with Gasteiger partial charge in [-0.1, -0.05) is 13.8 Å². The Morgan fingerprint density at radius 1 is 1.05 bits per heavy atom. The van der Waals surface area contributed by atoms with E-state index in [1.807, 2.05) is 13.8 Å². The van der Waals surface area contributed by atoms with Gasteiger partial charge >= 0.3 is 12.2 Å². The Morgan fingerprint density at radius 2 is 1.77 bits per heavy atom. The smallest absolute Gasteiger partial charge is 0.417 e. The van der Waals surface area contributed by atoms with E-state index in [1.54, 1.807) is 6.92 Å². The van der Waals surface area contributed by atoms with Crippen molar-refractivity contribution in [3.8, 4) is 23.1 Å². The van der Waals surface area contributed by atoms with Crippen molar-refractivity contribution < 1.29 is 31.4 Å². The van der Waals surface area contributed by atoms with E-state index < -0.39 is 57.5 Å². The average Bonchev–Trinajstić information content (AvgIpc) is 3.01. The van der Waals surface area contributed by atoms with E-state index >= 15 is 4.39 Å². The van der Waals surface area contributed by atoms with E-state index in [2.05, 4.69) is 35.6 Å². The zero-order valence-electron chi connectivity index (χ0n) is 23.9. The highest BCUT2D eigenvalue weighted by Crippen LogP contribution is 2.44. The third kappa shape index (κ3) is 6.82. The van der Waals surface area contributed by atoms with E-state index in [9.17, 15) is 17.6 Å². The lowest BCUT2D eigenvalue weighted by Gasteiger charge is -2.21. The van der Waals surface area contributed by atoms with Crippen LogP contribution in [0.5, 0.6) is 11.9 Å². The predicted molar refractivity (Wildman–Crippen MR) is 151 cm³/mol. The number of nitrogens with zero attached hydrogens (tertiary/aromatic N) is 5. The van der Waals surface area contributed by atoms with E-state index in [1.165, 1.54) is 18.7 Å². The van der Waals surface area contributed by atoms with Crippen LogP contribution in [0.3, 0.4) is 0 Å². The van der Waals surface area contributed by atoms with Gasteiger partial charge in [0.05, 0.1) is 17.4 Å². The van der Waals surface area contributed by atoms with Crippen LogP contribution in [-0.2, 0) is 12.8 Å². The molecule has 5 rings (SSSR count). The van der Waals surface area contributed by atoms with Crippen molar-refractivity contribution in [2.24, 2.45) is 0 Å². The predicted octanol–water partition coefficient (Wildman–Crippen LogP) is 5.45. The molecule has 4 N–H and O–H groups in total. The van der Waals surface area contributed by atoms with Crippen LogP contribution in [0.4, 0.5) is 33.5 Å². The highest BCUT2D eigenvalue weighted by atomic mass is 19.4. The number of halogens is 5. The maximum absolute atomic E-state index is 16.3. The van der Waals surface area contributed by atoms with Crippen molar-refractivity contribution in [1.82, 2.24) is 30.2 Å². The lowest BCUT2D eigenvalue weighted by molar-refractivity contribution is -0.137. The number of rotatable bonds is 4. The molecule has 0 bridgehead atoms. The Kier molecular flexibility index (Phi) is 9.73. The molecule has 4 aromatic rings. The Bertz CT molecular complexity index is 1590. The minimum Gasteiger partial charge on any atom is -0.474 e. The zero-order chi connectivity index (χ0) is 31.3. The van der Waals surface area contributed by atoms with Crippen LogP contribution in [0.25, 0.3) is 22.2 Å². The van der Waals surface area contributed by atoms with Gasteiger partial charge in [0.1, 0.15) is 41.2 Å². The molecular weight excluding hydrogens is 575 g/mol. The number of ether oxygens (including phenoxy) is 2. The molecule has 230 valence electrons. The maximum atomic E-state index is 16.3. The van der Waals surface area contributed by atoms with Gasteiger partial charge in [0.2, 0.25) is 5.88 Å². The fraction of sp³-hybridized carbons (Fsp3) is 0.393. The summed E-state index contributed by atoms with van der Waals surface area (Å²) in [5.41, 5.74) is 1.53. The van der Waals surface area contributed by atoms with Gasteiger partial charge in [-0.2, -0.15) is 23.1 Å². The highest BCUT2D eigenvalue weighted by Gasteiger charge is 2.39. The number of nitrogen functional groups attached to an aromatic ring is 1. The first-order valence-electron chi connectivity index (χ1n) is 13.6. The van der Waals surface area contributed by atoms with Gasteiger partial charge in [0.25, 0.3) is 0 Å². The van der Waals surface area contributed by atoms with Gasteiger partial charge in [-0.3, -0.25) is 0 Å². The summed E-state index contributed by atoms with van der Waals surface area (Å²) >= 11 is 0. The second kappa shape index (κ2) is 13.3. The first kappa shape index (κ1) is 31.5. The molecule has 0 amide bonds. The van der Waals surface area contributed by atoms with Crippen molar-refractivity contribution in [2.75, 3.05) is 30.7 Å². The molecule has 1 aliphatic rings. The monoisotopic (exact) mass is 606 g/mol. The molecule has 0 aliphatic carbocycles. The van der Waals surface area contributed by atoms with E-state index in [4.69, 9.17) is 15.2 Å². The van der Waals surface area contributed by atoms with E-state index in [0.29, 0.717) is 37.7 Å². The standard InChI is InChI=1S/C26H25F5N8O2.C2H6/c1-12-3-4-33-5-6-36-23-17-22(38-25(39-23)40-10-14-8-34-11-35-9-14)20(28)21(37-24(17)41-12)15-7-16(32)19(27)13(2)18(15)26(29,30)31;1-2/h7-9,11-12,33H,3-6,10,32H2,1-2H3,(H,36,38,39);1-2H3. The molecule has 1 unspecified atom stereocenters. The molecule has 1 aromatic carbocycles. The van der Waals surface area contributed by atoms with Gasteiger partial charge in [-0.05, 0) is 38.4 Å². The van der Waals surface area contributed by atoms with Crippen molar-refractivity contribution in [1.29, 1.82) is 0 Å². The van der Waals surface area contributed by atoms with E-state index in [-0.39, 0.29) is 29.7 Å². The van der Waals surface area contributed by atoms with Gasteiger partial charge in [0, 0.05) is 36.6 Å². The molecule has 1 aliphatic heterocycles. The highest BCUT2D eigenvalue weighted by molar-refractivity contribution is 5.96. The SMILES string of the molecule is CC.Cc1c(F)c(N)cc(-c2nc3c4c(nc(OCc5cncnc5)nc4c2F)NCCNCCC(C)O3)c1C(F)(F)F. The molecule has 1 atom stereocenters.